The highest BCUT2D eigenvalue weighted by atomic mass is 35.5. The molecule has 4 N–H and O–H groups in total. The molecule has 5 aromatic rings. The van der Waals surface area contributed by atoms with Crippen molar-refractivity contribution in [2.75, 3.05) is 50.7 Å². The fourth-order valence-electron chi connectivity index (χ4n) is 6.72. The van der Waals surface area contributed by atoms with Gasteiger partial charge < -0.3 is 38.5 Å². The number of hydrogen-bond donors (Lipinski definition) is 4. The van der Waals surface area contributed by atoms with E-state index in [9.17, 15) is 55.4 Å². The van der Waals surface area contributed by atoms with E-state index in [1.165, 1.54) is 24.4 Å². The third-order valence-corrected chi connectivity index (χ3v) is 12.7. The van der Waals surface area contributed by atoms with Gasteiger partial charge in [-0.1, -0.05) is 53.5 Å². The number of carbonyl (C=O) groups is 4. The van der Waals surface area contributed by atoms with Crippen LogP contribution in [0.15, 0.2) is 88.4 Å². The van der Waals surface area contributed by atoms with Gasteiger partial charge in [-0.3, -0.25) is 34.4 Å². The minimum Gasteiger partial charge on any atom is -0.480 e. The Kier molecular flexibility index (Phi) is 23.9. The quantitative estimate of drug-likeness (QED) is 0.0158. The Morgan fingerprint density at radius 3 is 2.20 bits per heavy atom. The van der Waals surface area contributed by atoms with Crippen molar-refractivity contribution in [3.63, 3.8) is 0 Å². The highest BCUT2D eigenvalue weighted by molar-refractivity contribution is 7.90. The van der Waals surface area contributed by atoms with Crippen molar-refractivity contribution in [2.45, 2.75) is 63.1 Å². The van der Waals surface area contributed by atoms with Gasteiger partial charge in [0.2, 0.25) is 5.91 Å². The Balaban J connectivity index is 0.000000274. The van der Waals surface area contributed by atoms with Gasteiger partial charge in [0.25, 0.3) is 5.69 Å². The number of nitro groups is 1. The molecule has 6 rings (SSSR count). The molecule has 1 aliphatic carbocycles. The van der Waals surface area contributed by atoms with Crippen LogP contribution >= 0.6 is 42.4 Å². The third-order valence-electron chi connectivity index (χ3n) is 10.2. The normalized spacial score (nSPS) is 12.6. The number of carboxylic acid groups (broad SMARTS) is 1. The van der Waals surface area contributed by atoms with Crippen molar-refractivity contribution in [3.8, 4) is 11.5 Å². The molecule has 0 saturated heterocycles. The lowest BCUT2D eigenvalue weighted by Gasteiger charge is -2.31. The number of esters is 1. The van der Waals surface area contributed by atoms with E-state index in [4.69, 9.17) is 63.7 Å². The summed E-state index contributed by atoms with van der Waals surface area (Å²) in [4.78, 5) is 74.0. The molecule has 4 aromatic carbocycles. The van der Waals surface area contributed by atoms with Crippen molar-refractivity contribution < 1.29 is 83.9 Å². The molecule has 1 heterocycles. The number of anilines is 1. The van der Waals surface area contributed by atoms with Gasteiger partial charge in [-0.05, 0) is 86.7 Å². The Morgan fingerprint density at radius 2 is 1.68 bits per heavy atom. The van der Waals surface area contributed by atoms with Crippen LogP contribution in [0.3, 0.4) is 0 Å². The summed E-state index contributed by atoms with van der Waals surface area (Å²) in [6, 6.07) is 16.4. The van der Waals surface area contributed by atoms with Gasteiger partial charge in [-0.2, -0.15) is 13.2 Å². The molecule has 408 valence electrons. The zero-order valence-corrected chi connectivity index (χ0v) is 44.7. The van der Waals surface area contributed by atoms with Gasteiger partial charge in [-0.15, -0.1) is 11.6 Å². The number of para-hydroxylation sites is 1. The van der Waals surface area contributed by atoms with Gasteiger partial charge in [-0.25, -0.2) is 13.2 Å². The molecule has 1 unspecified atom stereocenters. The number of carboxylic acids is 1. The number of hydrogen-bond acceptors (Lipinski definition) is 15. The van der Waals surface area contributed by atoms with E-state index in [0.29, 0.717) is 35.3 Å². The van der Waals surface area contributed by atoms with Crippen LogP contribution in [-0.2, 0) is 46.1 Å². The first-order valence-corrected chi connectivity index (χ1v) is 26.8. The number of nitrogens with one attached hydrogen (secondary N) is 1. The van der Waals surface area contributed by atoms with Crippen LogP contribution in [0.1, 0.15) is 81.3 Å². The number of halogens is 6. The van der Waals surface area contributed by atoms with E-state index in [-0.39, 0.29) is 56.9 Å². The first-order chi connectivity index (χ1) is 35.0. The summed E-state index contributed by atoms with van der Waals surface area (Å²) in [6.07, 6.45) is -0.864. The molecular weight excluding hydrogens is 1100 g/mol. The molecule has 1 aliphatic rings. The minimum absolute atomic E-state index is 0.0223. The van der Waals surface area contributed by atoms with Crippen molar-refractivity contribution in [1.82, 2.24) is 10.5 Å². The molecule has 28 heteroatoms. The molecule has 0 aliphatic heterocycles. The second kappa shape index (κ2) is 28.3. The Hall–Kier alpha value is -5.95. The lowest BCUT2D eigenvalue weighted by molar-refractivity contribution is -0.385. The monoisotopic (exact) mass is 1150 g/mol. The molecule has 20 nitrogen and oxygen atoms in total. The lowest BCUT2D eigenvalue weighted by Crippen LogP contribution is -2.43. The highest BCUT2D eigenvalue weighted by Crippen LogP contribution is 2.43. The Morgan fingerprint density at radius 1 is 1.01 bits per heavy atom. The van der Waals surface area contributed by atoms with Gasteiger partial charge in [0, 0.05) is 42.0 Å². The van der Waals surface area contributed by atoms with E-state index >= 15 is 0 Å². The molecule has 0 spiro atoms. The van der Waals surface area contributed by atoms with Crippen LogP contribution in [0, 0.1) is 17.0 Å². The SMILES string of the molecule is CCc1cccc(C)c1N(C(=O)CCl)C(C)COC.COC(=O)c1cc(Oc2ccc(Cl)cc2Cl)ccc1[N+](=O)[O-].CS(=O)(=O)c1cc(C(F)(F)F)ccc1C(=O)c1cnoc1C1CC1.O=C(O)CNCP(=O)(O)O. The zero-order valence-electron chi connectivity index (χ0n) is 40.7. The predicted molar refractivity (Wildman–Crippen MR) is 270 cm³/mol. The number of nitro benzene ring substituents is 1. The number of aliphatic carboxylic acids is 1. The highest BCUT2D eigenvalue weighted by Gasteiger charge is 2.36. The van der Waals surface area contributed by atoms with E-state index in [2.05, 4.69) is 28.2 Å². The third kappa shape index (κ3) is 19.3. The largest absolute Gasteiger partial charge is 0.480 e. The Labute approximate surface area is 443 Å². The zero-order chi connectivity index (χ0) is 56.6. The smallest absolute Gasteiger partial charge is 0.416 e. The molecule has 1 fully saturated rings. The number of alkyl halides is 4. The number of ketones is 1. The van der Waals surface area contributed by atoms with Crippen LogP contribution < -0.4 is 15.0 Å². The number of nitrogens with zero attached hydrogens (tertiary/aromatic N) is 3. The number of benzene rings is 4. The van der Waals surface area contributed by atoms with Crippen molar-refractivity contribution in [2.24, 2.45) is 0 Å². The van der Waals surface area contributed by atoms with E-state index in [1.54, 1.807) is 24.1 Å². The standard InChI is InChI=1S/C15H22ClNO2.C15H12F3NO4S.C14H9Cl2NO5.C3H8NO5P/c1-5-13-8-6-7-11(2)15(13)17(14(18)9-16)12(3)10-19-4;1-24(21,22)12-6-9(15(16,17)18)4-5-10(12)13(20)11-7-19-23-14(11)8-2-3-8;1-21-14(18)10-7-9(3-4-12(10)17(19)20)22-13-5-2-8(15)6-11(13)16;5-3(6)1-4-2-10(7,8)9/h6-8,12H,5,9-10H2,1-4H3;4-8H,2-3H2,1H3;2-7H,1H3;4H,1-2H2,(H,5,6)(H2,7,8,9). The van der Waals surface area contributed by atoms with Crippen LogP contribution in [0.5, 0.6) is 11.5 Å². The number of aryl methyl sites for hydroxylation is 2. The number of sulfone groups is 1. The maximum atomic E-state index is 12.8. The lowest BCUT2D eigenvalue weighted by atomic mass is 10.0. The van der Waals surface area contributed by atoms with Crippen molar-refractivity contribution >= 4 is 87.2 Å². The van der Waals surface area contributed by atoms with Gasteiger partial charge in [0.1, 0.15) is 22.9 Å². The number of amides is 1. The summed E-state index contributed by atoms with van der Waals surface area (Å²) in [5.74, 6) is -1.91. The predicted octanol–water partition coefficient (Wildman–Crippen LogP) is 9.65. The average Bonchev–Trinajstić information content (AvgIpc) is 4.06. The number of methoxy groups -OCH3 is 2. The summed E-state index contributed by atoms with van der Waals surface area (Å²) in [5, 5.41) is 25.2. The summed E-state index contributed by atoms with van der Waals surface area (Å²) < 4.78 is 92.6. The number of aromatic nitrogens is 1. The van der Waals surface area contributed by atoms with Crippen molar-refractivity contribution in [1.29, 1.82) is 0 Å². The molecule has 1 saturated carbocycles. The molecule has 0 radical (unpaired) electrons. The molecule has 1 aromatic heterocycles. The summed E-state index contributed by atoms with van der Waals surface area (Å²) in [6.45, 7) is 6.12. The van der Waals surface area contributed by atoms with Gasteiger partial charge in [0.15, 0.2) is 21.4 Å². The Bertz CT molecular complexity index is 3010. The van der Waals surface area contributed by atoms with Gasteiger partial charge in [0.05, 0.1) is 70.4 Å². The second-order valence-electron chi connectivity index (χ2n) is 16.1. The van der Waals surface area contributed by atoms with Crippen LogP contribution in [-0.4, -0.2) is 109 Å². The summed E-state index contributed by atoms with van der Waals surface area (Å²) >= 11 is 17.5. The maximum absolute atomic E-state index is 12.8. The second-order valence-corrected chi connectivity index (χ2v) is 20.8. The summed E-state index contributed by atoms with van der Waals surface area (Å²) in [5.41, 5.74) is 1.25. The first kappa shape index (κ1) is 63.3. The summed E-state index contributed by atoms with van der Waals surface area (Å²) in [7, 11) is -5.37. The van der Waals surface area contributed by atoms with E-state index in [1.807, 2.05) is 26.0 Å². The van der Waals surface area contributed by atoms with Crippen LogP contribution in [0.4, 0.5) is 24.5 Å². The first-order valence-electron chi connectivity index (χ1n) is 21.8. The van der Waals surface area contributed by atoms with Crippen molar-refractivity contribution in [3.05, 3.63) is 138 Å². The van der Waals surface area contributed by atoms with E-state index < -0.39 is 69.5 Å². The van der Waals surface area contributed by atoms with E-state index in [0.717, 1.165) is 61.6 Å². The average molecular weight is 1150 g/mol. The molecule has 1 amide bonds. The van der Waals surface area contributed by atoms with Gasteiger partial charge >= 0.3 is 25.7 Å². The molecule has 1 atom stereocenters. The fourth-order valence-corrected chi connectivity index (χ4v) is 8.60. The number of carbonyl (C=O) groups excluding carboxylic acids is 3. The van der Waals surface area contributed by atoms with Crippen LogP contribution in [0.2, 0.25) is 10.0 Å². The van der Waals surface area contributed by atoms with Crippen LogP contribution in [0.25, 0.3) is 0 Å². The molecule has 0 bridgehead atoms. The fraction of sp³-hybridized carbons (Fsp3) is 0.340. The topological polar surface area (TPSA) is 292 Å². The molecule has 75 heavy (non-hydrogen) atoms. The number of rotatable bonds is 18. The minimum atomic E-state index is -4.71. The maximum Gasteiger partial charge on any atom is 0.416 e. The number of ether oxygens (including phenoxy) is 3. The molecular formula is C47H51Cl3F3N4O16PS.